The molecule has 0 spiro atoms. The van der Waals surface area contributed by atoms with E-state index in [-0.39, 0.29) is 24.1 Å². The number of hydrogen-bond acceptors (Lipinski definition) is 4. The highest BCUT2D eigenvalue weighted by Crippen LogP contribution is 2.39. The summed E-state index contributed by atoms with van der Waals surface area (Å²) in [5, 5.41) is 3.48. The fourth-order valence-corrected chi connectivity index (χ4v) is 5.09. The molecular weight excluding hydrogens is 457 g/mol. The van der Waals surface area contributed by atoms with Crippen LogP contribution in [-0.4, -0.2) is 61.0 Å². The summed E-state index contributed by atoms with van der Waals surface area (Å²) in [4.78, 5) is 30.6. The largest absolute Gasteiger partial charge is 0.379 e. The molecule has 0 unspecified atom stereocenters. The molecule has 2 aliphatic rings. The number of morpholine rings is 1. The van der Waals surface area contributed by atoms with Crippen LogP contribution in [0.5, 0.6) is 0 Å². The summed E-state index contributed by atoms with van der Waals surface area (Å²) in [6.45, 7) is 6.46. The molecule has 4 rings (SSSR count). The van der Waals surface area contributed by atoms with Crippen molar-refractivity contribution in [3.8, 4) is 0 Å². The molecule has 2 fully saturated rings. The van der Waals surface area contributed by atoms with Crippen molar-refractivity contribution in [1.82, 2.24) is 9.80 Å². The van der Waals surface area contributed by atoms with Gasteiger partial charge in [0.2, 0.25) is 11.8 Å². The number of nitrogens with one attached hydrogen (secondary N) is 1. The molecule has 2 aliphatic heterocycles. The Morgan fingerprint density at radius 2 is 1.97 bits per heavy atom. The van der Waals surface area contributed by atoms with Crippen molar-refractivity contribution in [2.45, 2.75) is 32.2 Å². The normalized spacial score (nSPS) is 21.5. The van der Waals surface area contributed by atoms with Crippen LogP contribution in [0.15, 0.2) is 42.5 Å². The number of rotatable bonds is 7. The van der Waals surface area contributed by atoms with E-state index in [1.54, 1.807) is 35.2 Å². The van der Waals surface area contributed by atoms with Crippen LogP contribution >= 0.6 is 11.6 Å². The first-order valence-electron chi connectivity index (χ1n) is 11.8. The predicted octanol–water partition coefficient (Wildman–Crippen LogP) is 4.43. The van der Waals surface area contributed by atoms with Crippen molar-refractivity contribution >= 4 is 29.1 Å². The van der Waals surface area contributed by atoms with Gasteiger partial charge in [-0.25, -0.2) is 4.39 Å². The monoisotopic (exact) mass is 487 g/mol. The Labute approximate surface area is 205 Å². The van der Waals surface area contributed by atoms with Gasteiger partial charge in [0.05, 0.1) is 25.2 Å². The Morgan fingerprint density at radius 1 is 1.18 bits per heavy atom. The Morgan fingerprint density at radius 3 is 2.74 bits per heavy atom. The number of amides is 2. The van der Waals surface area contributed by atoms with Crippen molar-refractivity contribution in [3.05, 3.63) is 64.4 Å². The third-order valence-corrected chi connectivity index (χ3v) is 6.91. The van der Waals surface area contributed by atoms with Crippen molar-refractivity contribution in [2.24, 2.45) is 5.92 Å². The van der Waals surface area contributed by atoms with Crippen molar-refractivity contribution in [3.63, 3.8) is 0 Å². The number of likely N-dealkylation sites (tertiary alicyclic amines) is 1. The van der Waals surface area contributed by atoms with E-state index in [0.29, 0.717) is 29.2 Å². The van der Waals surface area contributed by atoms with Gasteiger partial charge in [-0.3, -0.25) is 14.5 Å². The minimum Gasteiger partial charge on any atom is -0.379 e. The van der Waals surface area contributed by atoms with E-state index >= 15 is 0 Å². The van der Waals surface area contributed by atoms with Gasteiger partial charge in [-0.1, -0.05) is 23.7 Å². The molecule has 2 amide bonds. The minimum atomic E-state index is -0.527. The van der Waals surface area contributed by atoms with Gasteiger partial charge < -0.3 is 15.0 Å². The number of anilines is 1. The maximum absolute atomic E-state index is 14.3. The lowest BCUT2D eigenvalue weighted by molar-refractivity contribution is -0.142. The highest BCUT2D eigenvalue weighted by atomic mass is 35.5. The second-order valence-electron chi connectivity index (χ2n) is 8.99. The third kappa shape index (κ3) is 5.95. The van der Waals surface area contributed by atoms with Gasteiger partial charge in [0.25, 0.3) is 0 Å². The zero-order valence-electron chi connectivity index (χ0n) is 19.4. The topological polar surface area (TPSA) is 61.9 Å². The van der Waals surface area contributed by atoms with Crippen LogP contribution in [0.3, 0.4) is 0 Å². The molecule has 0 aliphatic carbocycles. The van der Waals surface area contributed by atoms with Crippen molar-refractivity contribution in [1.29, 1.82) is 0 Å². The zero-order valence-corrected chi connectivity index (χ0v) is 20.2. The molecule has 2 heterocycles. The van der Waals surface area contributed by atoms with Crippen LogP contribution in [0.4, 0.5) is 10.1 Å². The number of halogens is 2. The first kappa shape index (κ1) is 24.6. The van der Waals surface area contributed by atoms with E-state index in [4.69, 9.17) is 16.3 Å². The molecular formula is C26H31ClFN3O3. The summed E-state index contributed by atoms with van der Waals surface area (Å²) < 4.78 is 19.7. The Kier molecular flexibility index (Phi) is 8.19. The third-order valence-electron chi connectivity index (χ3n) is 6.67. The van der Waals surface area contributed by atoms with Gasteiger partial charge >= 0.3 is 0 Å². The molecule has 2 aromatic carbocycles. The van der Waals surface area contributed by atoms with Gasteiger partial charge in [-0.05, 0) is 61.2 Å². The molecule has 2 atom stereocenters. The molecule has 0 bridgehead atoms. The summed E-state index contributed by atoms with van der Waals surface area (Å²) in [5.41, 5.74) is 2.15. The Balaban J connectivity index is 1.58. The summed E-state index contributed by atoms with van der Waals surface area (Å²) in [6.07, 6.45) is 1.47. The summed E-state index contributed by atoms with van der Waals surface area (Å²) in [6, 6.07) is 11.0. The SMILES string of the molecule is Cc1ccc(F)cc1[C@@H]1[C@@H](C(=O)Nc2cccc(Cl)c2)CCC(=O)N1CCCN1CCOCC1. The number of benzene rings is 2. The fraction of sp³-hybridized carbons (Fsp3) is 0.462. The van der Waals surface area contributed by atoms with Gasteiger partial charge in [0.1, 0.15) is 5.82 Å². The molecule has 182 valence electrons. The molecule has 0 radical (unpaired) electrons. The van der Waals surface area contributed by atoms with E-state index in [0.717, 1.165) is 44.8 Å². The summed E-state index contributed by atoms with van der Waals surface area (Å²) in [7, 11) is 0. The first-order valence-corrected chi connectivity index (χ1v) is 12.2. The molecule has 8 heteroatoms. The molecule has 1 N–H and O–H groups in total. The van der Waals surface area contributed by atoms with E-state index < -0.39 is 12.0 Å². The Bertz CT molecular complexity index is 1030. The number of carbonyl (C=O) groups is 2. The maximum atomic E-state index is 14.3. The molecule has 0 saturated carbocycles. The second-order valence-corrected chi connectivity index (χ2v) is 9.42. The maximum Gasteiger partial charge on any atom is 0.229 e. The molecule has 34 heavy (non-hydrogen) atoms. The van der Waals surface area contributed by atoms with Crippen LogP contribution < -0.4 is 5.32 Å². The zero-order chi connectivity index (χ0) is 24.1. The number of hydrogen-bond donors (Lipinski definition) is 1. The van der Waals surface area contributed by atoms with Gasteiger partial charge in [0, 0.05) is 43.3 Å². The number of carbonyl (C=O) groups excluding carboxylic acids is 2. The minimum absolute atomic E-state index is 0.00226. The van der Waals surface area contributed by atoms with Crippen LogP contribution in [0.25, 0.3) is 0 Å². The lowest BCUT2D eigenvalue weighted by Crippen LogP contribution is -2.48. The molecule has 6 nitrogen and oxygen atoms in total. The average molecular weight is 488 g/mol. The van der Waals surface area contributed by atoms with E-state index in [1.165, 1.54) is 12.1 Å². The summed E-state index contributed by atoms with van der Waals surface area (Å²) >= 11 is 6.08. The first-order chi connectivity index (χ1) is 16.4. The van der Waals surface area contributed by atoms with E-state index in [9.17, 15) is 14.0 Å². The van der Waals surface area contributed by atoms with Crippen LogP contribution in [-0.2, 0) is 14.3 Å². The number of aryl methyl sites for hydroxylation is 1. The van der Waals surface area contributed by atoms with Gasteiger partial charge in [-0.15, -0.1) is 0 Å². The predicted molar refractivity (Wildman–Crippen MR) is 130 cm³/mol. The van der Waals surface area contributed by atoms with Gasteiger partial charge in [-0.2, -0.15) is 0 Å². The van der Waals surface area contributed by atoms with Crippen LogP contribution in [0.1, 0.15) is 36.4 Å². The van der Waals surface area contributed by atoms with Crippen LogP contribution in [0, 0.1) is 18.7 Å². The number of ether oxygens (including phenoxy) is 1. The smallest absolute Gasteiger partial charge is 0.229 e. The molecule has 2 saturated heterocycles. The second kappa shape index (κ2) is 11.3. The Hall–Kier alpha value is -2.48. The quantitative estimate of drug-likeness (QED) is 0.627. The highest BCUT2D eigenvalue weighted by molar-refractivity contribution is 6.30. The van der Waals surface area contributed by atoms with E-state index in [1.807, 2.05) is 6.92 Å². The average Bonchev–Trinajstić information content (AvgIpc) is 2.82. The van der Waals surface area contributed by atoms with Gasteiger partial charge in [0.15, 0.2) is 0 Å². The number of piperidine rings is 1. The number of nitrogens with zero attached hydrogens (tertiary/aromatic N) is 2. The van der Waals surface area contributed by atoms with Crippen LogP contribution in [0.2, 0.25) is 5.02 Å². The lowest BCUT2D eigenvalue weighted by Gasteiger charge is -2.42. The summed E-state index contributed by atoms with van der Waals surface area (Å²) in [5.74, 6) is -1.06. The highest BCUT2D eigenvalue weighted by Gasteiger charge is 2.41. The molecule has 0 aromatic heterocycles. The van der Waals surface area contributed by atoms with Crippen molar-refractivity contribution < 1.29 is 18.7 Å². The lowest BCUT2D eigenvalue weighted by atomic mass is 9.81. The molecule has 2 aromatic rings. The fourth-order valence-electron chi connectivity index (χ4n) is 4.90. The van der Waals surface area contributed by atoms with E-state index in [2.05, 4.69) is 10.2 Å². The standard InChI is InChI=1S/C26H31ClFN3O3/c1-18-6-7-20(28)17-23(18)25-22(26(33)29-21-5-2-4-19(27)16-21)8-9-24(32)31(25)11-3-10-30-12-14-34-15-13-30/h2,4-7,16-17,22,25H,3,8-15H2,1H3,(H,29,33)/t22-,25-/m0/s1. The van der Waals surface area contributed by atoms with Crippen molar-refractivity contribution in [2.75, 3.05) is 44.7 Å².